The van der Waals surface area contributed by atoms with E-state index in [1.807, 2.05) is 63.2 Å². The molecule has 6 heteroatoms. The number of ether oxygens (including phenoxy) is 1. The van der Waals surface area contributed by atoms with Crippen molar-refractivity contribution in [2.75, 3.05) is 31.1 Å². The summed E-state index contributed by atoms with van der Waals surface area (Å²) in [5.41, 5.74) is 1.88. The van der Waals surface area contributed by atoms with Gasteiger partial charge < -0.3 is 14.5 Å². The largest absolute Gasteiger partial charge is 0.444 e. The number of hydrogen-bond donors (Lipinski definition) is 0. The number of carbonyl (C=O) groups is 1. The molecule has 0 aliphatic carbocycles. The number of amides is 1. The van der Waals surface area contributed by atoms with E-state index in [2.05, 4.69) is 11.0 Å². The van der Waals surface area contributed by atoms with Gasteiger partial charge in [0.05, 0.1) is 11.3 Å². The van der Waals surface area contributed by atoms with Gasteiger partial charge in [-0.15, -0.1) is 0 Å². The lowest BCUT2D eigenvalue weighted by Gasteiger charge is -2.27. The number of hydrogen-bond acceptors (Lipinski definition) is 5. The van der Waals surface area contributed by atoms with Gasteiger partial charge in [0.2, 0.25) is 0 Å². The average Bonchev–Trinajstić information content (AvgIpc) is 2.93. The number of nitriles is 1. The number of aromatic nitrogens is 1. The van der Waals surface area contributed by atoms with E-state index in [1.165, 1.54) is 0 Å². The molecule has 2 heterocycles. The average molecular weight is 378 g/mol. The molecule has 0 spiro atoms. The molecule has 1 aliphatic rings. The maximum absolute atomic E-state index is 12.4. The van der Waals surface area contributed by atoms with Gasteiger partial charge in [-0.3, -0.25) is 0 Å². The van der Waals surface area contributed by atoms with Crippen molar-refractivity contribution >= 4 is 11.9 Å². The van der Waals surface area contributed by atoms with Crippen molar-refractivity contribution in [1.29, 1.82) is 5.26 Å². The van der Waals surface area contributed by atoms with Crippen molar-refractivity contribution in [2.24, 2.45) is 0 Å². The van der Waals surface area contributed by atoms with Gasteiger partial charge in [-0.1, -0.05) is 30.3 Å². The third-order valence-electron chi connectivity index (χ3n) is 4.51. The Morgan fingerprint density at radius 3 is 2.50 bits per heavy atom. The third-order valence-corrected chi connectivity index (χ3v) is 4.51. The molecule has 146 valence electrons. The van der Waals surface area contributed by atoms with Gasteiger partial charge in [0.1, 0.15) is 17.5 Å². The molecule has 1 aromatic heterocycles. The van der Waals surface area contributed by atoms with Crippen LogP contribution in [0.4, 0.5) is 10.6 Å². The van der Waals surface area contributed by atoms with E-state index in [0.29, 0.717) is 31.0 Å². The van der Waals surface area contributed by atoms with Crippen LogP contribution in [0.2, 0.25) is 0 Å². The predicted molar refractivity (Wildman–Crippen MR) is 109 cm³/mol. The number of anilines is 1. The summed E-state index contributed by atoms with van der Waals surface area (Å²) in [7, 11) is 0. The Morgan fingerprint density at radius 2 is 1.82 bits per heavy atom. The summed E-state index contributed by atoms with van der Waals surface area (Å²) < 4.78 is 5.50. The molecule has 0 radical (unpaired) electrons. The van der Waals surface area contributed by atoms with Gasteiger partial charge >= 0.3 is 6.09 Å². The van der Waals surface area contributed by atoms with E-state index >= 15 is 0 Å². The first kappa shape index (κ1) is 19.7. The van der Waals surface area contributed by atoms with Crippen LogP contribution in [0.3, 0.4) is 0 Å². The second-order valence-electron chi connectivity index (χ2n) is 7.85. The summed E-state index contributed by atoms with van der Waals surface area (Å²) in [5, 5.41) is 9.55. The van der Waals surface area contributed by atoms with Gasteiger partial charge in [0.25, 0.3) is 0 Å². The zero-order valence-corrected chi connectivity index (χ0v) is 16.7. The lowest BCUT2D eigenvalue weighted by atomic mass is 10.1. The smallest absolute Gasteiger partial charge is 0.410 e. The second-order valence-corrected chi connectivity index (χ2v) is 7.85. The van der Waals surface area contributed by atoms with Crippen LogP contribution in [0, 0.1) is 11.3 Å². The van der Waals surface area contributed by atoms with Crippen LogP contribution in [-0.4, -0.2) is 47.8 Å². The lowest BCUT2D eigenvalue weighted by Crippen LogP contribution is -2.39. The fourth-order valence-electron chi connectivity index (χ4n) is 3.18. The Labute approximate surface area is 166 Å². The van der Waals surface area contributed by atoms with Crippen LogP contribution >= 0.6 is 0 Å². The van der Waals surface area contributed by atoms with Crippen LogP contribution < -0.4 is 4.90 Å². The fourth-order valence-corrected chi connectivity index (χ4v) is 3.18. The molecule has 2 aromatic rings. The SMILES string of the molecule is CC(C)(C)OC(=O)N1CCCN(c2nc(-c3ccccc3)ccc2C#N)CC1. The van der Waals surface area contributed by atoms with Gasteiger partial charge in [-0.2, -0.15) is 5.26 Å². The lowest BCUT2D eigenvalue weighted by molar-refractivity contribution is 0.0263. The Balaban J connectivity index is 1.80. The number of nitrogens with zero attached hydrogens (tertiary/aromatic N) is 4. The minimum Gasteiger partial charge on any atom is -0.444 e. The van der Waals surface area contributed by atoms with Crippen molar-refractivity contribution in [3.05, 3.63) is 48.0 Å². The highest BCUT2D eigenvalue weighted by atomic mass is 16.6. The molecular formula is C22H26N4O2. The third kappa shape index (κ3) is 4.80. The normalized spacial score (nSPS) is 14.9. The van der Waals surface area contributed by atoms with Gasteiger partial charge in [-0.25, -0.2) is 9.78 Å². The zero-order chi connectivity index (χ0) is 20.1. The van der Waals surface area contributed by atoms with E-state index in [0.717, 1.165) is 24.2 Å². The molecule has 1 aliphatic heterocycles. The van der Waals surface area contributed by atoms with Crippen LogP contribution in [0.5, 0.6) is 0 Å². The minimum absolute atomic E-state index is 0.291. The Bertz CT molecular complexity index is 868. The van der Waals surface area contributed by atoms with Crippen molar-refractivity contribution in [1.82, 2.24) is 9.88 Å². The van der Waals surface area contributed by atoms with E-state index in [9.17, 15) is 10.1 Å². The van der Waals surface area contributed by atoms with E-state index < -0.39 is 5.60 Å². The van der Waals surface area contributed by atoms with Gasteiger partial charge in [-0.05, 0) is 39.3 Å². The maximum Gasteiger partial charge on any atom is 0.410 e. The van der Waals surface area contributed by atoms with Crippen LogP contribution in [0.25, 0.3) is 11.3 Å². The molecule has 1 saturated heterocycles. The number of benzene rings is 1. The summed E-state index contributed by atoms with van der Waals surface area (Å²) in [6.45, 7) is 8.12. The zero-order valence-electron chi connectivity index (χ0n) is 16.7. The highest BCUT2D eigenvalue weighted by molar-refractivity contribution is 5.69. The summed E-state index contributed by atoms with van der Waals surface area (Å²) in [6, 6.07) is 15.9. The Kier molecular flexibility index (Phi) is 5.84. The topological polar surface area (TPSA) is 69.5 Å². The highest BCUT2D eigenvalue weighted by Gasteiger charge is 2.25. The summed E-state index contributed by atoms with van der Waals surface area (Å²) in [5.74, 6) is 0.676. The monoisotopic (exact) mass is 378 g/mol. The van der Waals surface area contributed by atoms with Crippen LogP contribution in [0.15, 0.2) is 42.5 Å². The fraction of sp³-hybridized carbons (Fsp3) is 0.409. The molecular weight excluding hydrogens is 352 g/mol. The molecule has 28 heavy (non-hydrogen) atoms. The molecule has 0 unspecified atom stereocenters. The first-order chi connectivity index (χ1) is 13.4. The number of carbonyl (C=O) groups excluding carboxylic acids is 1. The maximum atomic E-state index is 12.4. The Morgan fingerprint density at radius 1 is 1.07 bits per heavy atom. The molecule has 1 amide bonds. The van der Waals surface area contributed by atoms with E-state index in [-0.39, 0.29) is 6.09 Å². The summed E-state index contributed by atoms with van der Waals surface area (Å²) >= 11 is 0. The first-order valence-electron chi connectivity index (χ1n) is 9.57. The molecule has 1 fully saturated rings. The van der Waals surface area contributed by atoms with Crippen molar-refractivity contribution < 1.29 is 9.53 Å². The first-order valence-corrected chi connectivity index (χ1v) is 9.57. The summed E-state index contributed by atoms with van der Waals surface area (Å²) in [6.07, 6.45) is 0.502. The number of rotatable bonds is 2. The standard InChI is InChI=1S/C22H26N4O2/c1-22(2,3)28-21(27)26-13-7-12-25(14-15-26)20-18(16-23)10-11-19(24-20)17-8-5-4-6-9-17/h4-6,8-11H,7,12-15H2,1-3H3. The number of pyridine rings is 1. The van der Waals surface area contributed by atoms with E-state index in [4.69, 9.17) is 9.72 Å². The molecule has 0 saturated carbocycles. The van der Waals surface area contributed by atoms with Crippen LogP contribution in [-0.2, 0) is 4.74 Å². The minimum atomic E-state index is -0.511. The van der Waals surface area contributed by atoms with E-state index in [1.54, 1.807) is 4.90 Å². The molecule has 1 aromatic carbocycles. The van der Waals surface area contributed by atoms with Crippen LogP contribution in [0.1, 0.15) is 32.8 Å². The quantitative estimate of drug-likeness (QED) is 0.788. The van der Waals surface area contributed by atoms with Gasteiger partial charge in [0.15, 0.2) is 0 Å². The molecule has 6 nitrogen and oxygen atoms in total. The predicted octanol–water partition coefficient (Wildman–Crippen LogP) is 4.07. The molecule has 3 rings (SSSR count). The Hall–Kier alpha value is -3.07. The molecule has 0 atom stereocenters. The molecule has 0 N–H and O–H groups in total. The molecule has 0 bridgehead atoms. The second kappa shape index (κ2) is 8.30. The van der Waals surface area contributed by atoms with Crippen molar-refractivity contribution in [3.63, 3.8) is 0 Å². The van der Waals surface area contributed by atoms with Crippen molar-refractivity contribution in [2.45, 2.75) is 32.8 Å². The van der Waals surface area contributed by atoms with Crippen molar-refractivity contribution in [3.8, 4) is 17.3 Å². The highest BCUT2D eigenvalue weighted by Crippen LogP contribution is 2.25. The van der Waals surface area contributed by atoms with Gasteiger partial charge in [0, 0.05) is 31.7 Å². The summed E-state index contributed by atoms with van der Waals surface area (Å²) in [4.78, 5) is 21.0.